The van der Waals surface area contributed by atoms with Crippen LogP contribution in [0, 0.1) is 11.8 Å². The van der Waals surface area contributed by atoms with Crippen molar-refractivity contribution in [2.24, 2.45) is 11.8 Å². The standard InChI is InChI=1S/C17H25NO4/c1-11(2)9-14(17(20)21)10-18-16(19)12(3)13-5-7-15(22-4)8-6-13/h5-8,11-12,14H,9-10H2,1-4H3,(H,18,19)(H,20,21). The molecule has 2 unspecified atom stereocenters. The third kappa shape index (κ3) is 5.39. The number of amides is 1. The first-order valence-corrected chi connectivity index (χ1v) is 7.49. The molecule has 2 atom stereocenters. The highest BCUT2D eigenvalue weighted by molar-refractivity contribution is 5.83. The highest BCUT2D eigenvalue weighted by Gasteiger charge is 2.22. The lowest BCUT2D eigenvalue weighted by Gasteiger charge is -2.18. The molecule has 1 aromatic rings. The Labute approximate surface area is 131 Å². The van der Waals surface area contributed by atoms with E-state index in [4.69, 9.17) is 4.74 Å². The SMILES string of the molecule is COc1ccc(C(C)C(=O)NCC(CC(C)C)C(=O)O)cc1. The van der Waals surface area contributed by atoms with Crippen LogP contribution in [0.2, 0.25) is 0 Å². The minimum atomic E-state index is -0.869. The van der Waals surface area contributed by atoms with E-state index in [0.29, 0.717) is 6.42 Å². The first-order valence-electron chi connectivity index (χ1n) is 7.49. The van der Waals surface area contributed by atoms with E-state index in [0.717, 1.165) is 11.3 Å². The van der Waals surface area contributed by atoms with Gasteiger partial charge in [0.05, 0.1) is 18.9 Å². The van der Waals surface area contributed by atoms with Gasteiger partial charge in [-0.1, -0.05) is 26.0 Å². The quantitative estimate of drug-likeness (QED) is 0.774. The van der Waals surface area contributed by atoms with Crippen molar-refractivity contribution in [3.63, 3.8) is 0 Å². The van der Waals surface area contributed by atoms with Gasteiger partial charge in [0.25, 0.3) is 0 Å². The number of benzene rings is 1. The van der Waals surface area contributed by atoms with Crippen LogP contribution in [0.4, 0.5) is 0 Å². The third-order valence-corrected chi connectivity index (χ3v) is 3.64. The summed E-state index contributed by atoms with van der Waals surface area (Å²) < 4.78 is 5.09. The maximum absolute atomic E-state index is 12.2. The van der Waals surface area contributed by atoms with Crippen molar-refractivity contribution in [1.82, 2.24) is 5.32 Å². The van der Waals surface area contributed by atoms with Gasteiger partial charge in [-0.15, -0.1) is 0 Å². The second-order valence-electron chi connectivity index (χ2n) is 5.90. The number of rotatable bonds is 8. The normalized spacial score (nSPS) is 13.5. The third-order valence-electron chi connectivity index (χ3n) is 3.64. The van der Waals surface area contributed by atoms with Crippen LogP contribution in [-0.2, 0) is 9.59 Å². The van der Waals surface area contributed by atoms with Crippen LogP contribution in [-0.4, -0.2) is 30.6 Å². The minimum absolute atomic E-state index is 0.160. The van der Waals surface area contributed by atoms with Crippen molar-refractivity contribution in [2.75, 3.05) is 13.7 Å². The van der Waals surface area contributed by atoms with Crippen LogP contribution in [0.25, 0.3) is 0 Å². The Morgan fingerprint density at radius 3 is 2.23 bits per heavy atom. The lowest BCUT2D eigenvalue weighted by atomic mass is 9.96. The number of aliphatic carboxylic acids is 1. The molecule has 0 fully saturated rings. The Hall–Kier alpha value is -2.04. The van der Waals surface area contributed by atoms with Gasteiger partial charge in [0.1, 0.15) is 5.75 Å². The first kappa shape index (κ1) is 18.0. The number of ether oxygens (including phenoxy) is 1. The van der Waals surface area contributed by atoms with Gasteiger partial charge in [-0.25, -0.2) is 0 Å². The first-order chi connectivity index (χ1) is 10.3. The van der Waals surface area contributed by atoms with E-state index in [1.54, 1.807) is 26.2 Å². The largest absolute Gasteiger partial charge is 0.497 e. The van der Waals surface area contributed by atoms with Gasteiger partial charge in [0, 0.05) is 6.54 Å². The number of methoxy groups -OCH3 is 1. The smallest absolute Gasteiger partial charge is 0.308 e. The molecule has 5 nitrogen and oxygen atoms in total. The van der Waals surface area contributed by atoms with E-state index < -0.39 is 11.9 Å². The van der Waals surface area contributed by atoms with Crippen molar-refractivity contribution in [2.45, 2.75) is 33.1 Å². The Morgan fingerprint density at radius 2 is 1.77 bits per heavy atom. The summed E-state index contributed by atoms with van der Waals surface area (Å²) in [4.78, 5) is 23.4. The summed E-state index contributed by atoms with van der Waals surface area (Å²) in [6.45, 7) is 5.90. The predicted octanol–water partition coefficient (Wildman–Crippen LogP) is 2.66. The number of carbonyl (C=O) groups is 2. The second kappa shape index (κ2) is 8.41. The summed E-state index contributed by atoms with van der Waals surface area (Å²) in [6.07, 6.45) is 0.548. The van der Waals surface area contributed by atoms with Crippen LogP contribution >= 0.6 is 0 Å². The molecule has 0 saturated carbocycles. The van der Waals surface area contributed by atoms with Crippen LogP contribution in [0.5, 0.6) is 5.75 Å². The van der Waals surface area contributed by atoms with E-state index in [1.807, 2.05) is 26.0 Å². The molecular formula is C17H25NO4. The average molecular weight is 307 g/mol. The molecule has 0 bridgehead atoms. The van der Waals surface area contributed by atoms with Gasteiger partial charge >= 0.3 is 5.97 Å². The molecule has 0 radical (unpaired) electrons. The summed E-state index contributed by atoms with van der Waals surface area (Å²) in [5.74, 6) is -0.908. The number of carbonyl (C=O) groups excluding carboxylic acids is 1. The number of hydrogen-bond acceptors (Lipinski definition) is 3. The molecule has 122 valence electrons. The van der Waals surface area contributed by atoms with Crippen LogP contribution in [0.1, 0.15) is 38.7 Å². The van der Waals surface area contributed by atoms with Crippen molar-refractivity contribution in [3.8, 4) is 5.75 Å². The molecule has 0 spiro atoms. The zero-order chi connectivity index (χ0) is 16.7. The second-order valence-corrected chi connectivity index (χ2v) is 5.90. The molecule has 22 heavy (non-hydrogen) atoms. The van der Waals surface area contributed by atoms with Crippen molar-refractivity contribution in [3.05, 3.63) is 29.8 Å². The summed E-state index contributed by atoms with van der Waals surface area (Å²) in [5.41, 5.74) is 0.869. The lowest BCUT2D eigenvalue weighted by Crippen LogP contribution is -2.35. The van der Waals surface area contributed by atoms with Gasteiger partial charge in [-0.2, -0.15) is 0 Å². The molecule has 1 rings (SSSR count). The topological polar surface area (TPSA) is 75.6 Å². The minimum Gasteiger partial charge on any atom is -0.497 e. The van der Waals surface area contributed by atoms with Gasteiger partial charge in [0.2, 0.25) is 5.91 Å². The predicted molar refractivity (Wildman–Crippen MR) is 85.0 cm³/mol. The molecule has 0 heterocycles. The zero-order valence-corrected chi connectivity index (χ0v) is 13.6. The number of hydrogen-bond donors (Lipinski definition) is 2. The molecule has 0 aliphatic heterocycles. The molecule has 0 aromatic heterocycles. The Morgan fingerprint density at radius 1 is 1.18 bits per heavy atom. The highest BCUT2D eigenvalue weighted by atomic mass is 16.5. The highest BCUT2D eigenvalue weighted by Crippen LogP contribution is 2.19. The van der Waals surface area contributed by atoms with Gasteiger partial charge < -0.3 is 15.2 Å². The molecule has 0 aliphatic carbocycles. The molecular weight excluding hydrogens is 282 g/mol. The van der Waals surface area contributed by atoms with E-state index in [2.05, 4.69) is 5.32 Å². The van der Waals surface area contributed by atoms with Crippen LogP contribution in [0.15, 0.2) is 24.3 Å². The summed E-state index contributed by atoms with van der Waals surface area (Å²) >= 11 is 0. The molecule has 0 saturated heterocycles. The molecule has 1 aromatic carbocycles. The zero-order valence-electron chi connectivity index (χ0n) is 13.6. The van der Waals surface area contributed by atoms with E-state index in [-0.39, 0.29) is 24.3 Å². The summed E-state index contributed by atoms with van der Waals surface area (Å²) in [6, 6.07) is 7.29. The fourth-order valence-electron chi connectivity index (χ4n) is 2.26. The summed E-state index contributed by atoms with van der Waals surface area (Å²) in [5, 5.41) is 11.9. The van der Waals surface area contributed by atoms with Crippen molar-refractivity contribution < 1.29 is 19.4 Å². The molecule has 2 N–H and O–H groups in total. The van der Waals surface area contributed by atoms with Gasteiger partial charge in [-0.3, -0.25) is 9.59 Å². The maximum Gasteiger partial charge on any atom is 0.308 e. The number of carboxylic acids is 1. The summed E-state index contributed by atoms with van der Waals surface area (Å²) in [7, 11) is 1.59. The van der Waals surface area contributed by atoms with E-state index in [1.165, 1.54) is 0 Å². The Kier molecular flexibility index (Phi) is 6.89. The lowest BCUT2D eigenvalue weighted by molar-refractivity contribution is -0.142. The fraction of sp³-hybridized carbons (Fsp3) is 0.529. The maximum atomic E-state index is 12.2. The number of carboxylic acid groups (broad SMARTS) is 1. The van der Waals surface area contributed by atoms with Gasteiger partial charge in [0.15, 0.2) is 0 Å². The van der Waals surface area contributed by atoms with Crippen molar-refractivity contribution >= 4 is 11.9 Å². The van der Waals surface area contributed by atoms with E-state index in [9.17, 15) is 14.7 Å². The Balaban J connectivity index is 2.60. The Bertz CT molecular complexity index is 496. The van der Waals surface area contributed by atoms with Gasteiger partial charge in [-0.05, 0) is 37.0 Å². The van der Waals surface area contributed by atoms with Crippen molar-refractivity contribution in [1.29, 1.82) is 0 Å². The molecule has 5 heteroatoms. The van der Waals surface area contributed by atoms with Crippen LogP contribution < -0.4 is 10.1 Å². The monoisotopic (exact) mass is 307 g/mol. The van der Waals surface area contributed by atoms with Crippen LogP contribution in [0.3, 0.4) is 0 Å². The molecule has 0 aliphatic rings. The number of nitrogens with one attached hydrogen (secondary N) is 1. The molecule has 1 amide bonds. The van der Waals surface area contributed by atoms with E-state index >= 15 is 0 Å². The average Bonchev–Trinajstić information content (AvgIpc) is 2.49. The fourth-order valence-corrected chi connectivity index (χ4v) is 2.26.